The molecule has 0 aromatic heterocycles. The van der Waals surface area contributed by atoms with Crippen LogP contribution in [0.5, 0.6) is 0 Å². The predicted molar refractivity (Wildman–Crippen MR) is 88.1 cm³/mol. The Kier molecular flexibility index (Phi) is 3.65. The van der Waals surface area contributed by atoms with Crippen molar-refractivity contribution < 1.29 is 0 Å². The third-order valence-corrected chi connectivity index (χ3v) is 5.25. The van der Waals surface area contributed by atoms with E-state index in [2.05, 4.69) is 62.0 Å². The molecule has 1 aliphatic carbocycles. The van der Waals surface area contributed by atoms with Crippen molar-refractivity contribution in [2.24, 2.45) is 5.92 Å². The van der Waals surface area contributed by atoms with Crippen molar-refractivity contribution in [3.05, 3.63) is 60.7 Å². The minimum absolute atomic E-state index is 0.116. The first-order valence-corrected chi connectivity index (χ1v) is 7.87. The highest BCUT2D eigenvalue weighted by Gasteiger charge is 2.33. The number of hydrogen-bond acceptors (Lipinski definition) is 0. The van der Waals surface area contributed by atoms with Crippen molar-refractivity contribution in [2.45, 2.75) is 44.4 Å². The van der Waals surface area contributed by atoms with Gasteiger partial charge in [0.15, 0.2) is 0 Å². The Hall–Kier alpha value is -1.56. The zero-order valence-corrected chi connectivity index (χ0v) is 12.4. The van der Waals surface area contributed by atoms with E-state index in [9.17, 15) is 0 Å². The summed E-state index contributed by atoms with van der Waals surface area (Å²) in [7, 11) is 0. The fourth-order valence-corrected chi connectivity index (χ4v) is 3.75. The largest absolute Gasteiger partial charge is 0.102 e. The molecule has 2 aromatic rings. The van der Waals surface area contributed by atoms with Gasteiger partial charge in [-0.05, 0) is 35.1 Å². The Labute approximate surface area is 122 Å². The highest BCUT2D eigenvalue weighted by molar-refractivity contribution is 5.83. The van der Waals surface area contributed by atoms with Gasteiger partial charge in [0.25, 0.3) is 0 Å². The highest BCUT2D eigenvalue weighted by Crippen LogP contribution is 2.42. The van der Waals surface area contributed by atoms with Crippen LogP contribution < -0.4 is 0 Å². The maximum atomic E-state index is 4.16. The molecular formula is C20H24. The number of rotatable bonds is 3. The summed E-state index contributed by atoms with van der Waals surface area (Å²) < 4.78 is 0. The van der Waals surface area contributed by atoms with Crippen molar-refractivity contribution >= 4 is 10.8 Å². The van der Waals surface area contributed by atoms with Crippen molar-refractivity contribution in [1.82, 2.24) is 0 Å². The monoisotopic (exact) mass is 264 g/mol. The Balaban J connectivity index is 2.03. The van der Waals surface area contributed by atoms with Gasteiger partial charge in [-0.25, -0.2) is 0 Å². The molecule has 0 nitrogen and oxygen atoms in total. The van der Waals surface area contributed by atoms with Gasteiger partial charge < -0.3 is 0 Å². The van der Waals surface area contributed by atoms with E-state index in [1.54, 1.807) is 0 Å². The van der Waals surface area contributed by atoms with Crippen LogP contribution in [-0.4, -0.2) is 0 Å². The molecule has 0 spiro atoms. The molecule has 0 N–H and O–H groups in total. The summed E-state index contributed by atoms with van der Waals surface area (Å²) in [6, 6.07) is 15.6. The fraction of sp³-hybridized carbons (Fsp3) is 0.400. The molecule has 0 radical (unpaired) electrons. The Morgan fingerprint density at radius 3 is 2.40 bits per heavy atom. The standard InChI is InChI=1S/C20H24/c1-3-20(2,18-11-5-4-6-12-18)19-14-13-16-9-7-8-10-17(16)15-19/h3,7-10,13-15,18H,1,4-6,11-12H2,2H3/t20-/m1/s1. The second-order valence-electron chi connectivity index (χ2n) is 6.38. The van der Waals surface area contributed by atoms with Gasteiger partial charge in [-0.3, -0.25) is 0 Å². The van der Waals surface area contributed by atoms with Crippen molar-refractivity contribution in [3.63, 3.8) is 0 Å². The van der Waals surface area contributed by atoms with E-state index in [4.69, 9.17) is 0 Å². The minimum atomic E-state index is 0.116. The topological polar surface area (TPSA) is 0 Å². The zero-order valence-electron chi connectivity index (χ0n) is 12.4. The van der Waals surface area contributed by atoms with Gasteiger partial charge in [0, 0.05) is 5.41 Å². The number of fused-ring (bicyclic) bond motifs is 1. The van der Waals surface area contributed by atoms with E-state index < -0.39 is 0 Å². The molecule has 3 rings (SSSR count). The average molecular weight is 264 g/mol. The molecule has 20 heavy (non-hydrogen) atoms. The van der Waals surface area contributed by atoms with Gasteiger partial charge in [0.2, 0.25) is 0 Å². The second kappa shape index (κ2) is 5.44. The normalized spacial score (nSPS) is 19.6. The van der Waals surface area contributed by atoms with Crippen LogP contribution in [0.2, 0.25) is 0 Å². The summed E-state index contributed by atoms with van der Waals surface area (Å²) in [5, 5.41) is 2.67. The molecule has 0 heterocycles. The summed E-state index contributed by atoms with van der Waals surface area (Å²) in [6.07, 6.45) is 9.03. The first kappa shape index (κ1) is 13.4. The van der Waals surface area contributed by atoms with Gasteiger partial charge in [-0.2, -0.15) is 0 Å². The summed E-state index contributed by atoms with van der Waals surface area (Å²) >= 11 is 0. The molecule has 0 heteroatoms. The Morgan fingerprint density at radius 2 is 1.70 bits per heavy atom. The van der Waals surface area contributed by atoms with Gasteiger partial charge in [0.05, 0.1) is 0 Å². The van der Waals surface area contributed by atoms with Crippen LogP contribution >= 0.6 is 0 Å². The minimum Gasteiger partial charge on any atom is -0.102 e. The van der Waals surface area contributed by atoms with Crippen molar-refractivity contribution in [2.75, 3.05) is 0 Å². The first-order valence-electron chi connectivity index (χ1n) is 7.87. The van der Waals surface area contributed by atoms with Crippen LogP contribution in [0.1, 0.15) is 44.6 Å². The second-order valence-corrected chi connectivity index (χ2v) is 6.38. The SMILES string of the molecule is C=C[C@@](C)(c1ccc2ccccc2c1)C1CCCCC1. The number of allylic oxidation sites excluding steroid dienone is 1. The average Bonchev–Trinajstić information content (AvgIpc) is 2.54. The van der Waals surface area contributed by atoms with E-state index in [0.717, 1.165) is 5.92 Å². The van der Waals surface area contributed by atoms with Crippen LogP contribution in [0.15, 0.2) is 55.1 Å². The van der Waals surface area contributed by atoms with E-state index in [-0.39, 0.29) is 5.41 Å². The Bertz CT molecular complexity index is 604. The molecule has 0 saturated heterocycles. The van der Waals surface area contributed by atoms with E-state index >= 15 is 0 Å². The smallest absolute Gasteiger partial charge is 0.0129 e. The summed E-state index contributed by atoms with van der Waals surface area (Å²) in [5.41, 5.74) is 1.54. The molecule has 0 bridgehead atoms. The predicted octanol–water partition coefficient (Wildman–Crippen LogP) is 5.86. The maximum Gasteiger partial charge on any atom is 0.0129 e. The molecule has 2 aromatic carbocycles. The van der Waals surface area contributed by atoms with Crippen molar-refractivity contribution in [3.8, 4) is 0 Å². The molecular weight excluding hydrogens is 240 g/mol. The first-order chi connectivity index (χ1) is 9.74. The third kappa shape index (κ3) is 2.28. The fourth-order valence-electron chi connectivity index (χ4n) is 3.75. The maximum absolute atomic E-state index is 4.16. The molecule has 0 amide bonds. The van der Waals surface area contributed by atoms with E-state index in [0.29, 0.717) is 0 Å². The third-order valence-electron chi connectivity index (χ3n) is 5.25. The molecule has 1 saturated carbocycles. The molecule has 1 fully saturated rings. The van der Waals surface area contributed by atoms with Gasteiger partial charge in [-0.15, -0.1) is 6.58 Å². The lowest BCUT2D eigenvalue weighted by molar-refractivity contribution is 0.262. The van der Waals surface area contributed by atoms with Crippen molar-refractivity contribution in [1.29, 1.82) is 0 Å². The number of benzene rings is 2. The molecule has 104 valence electrons. The molecule has 1 aliphatic rings. The lowest BCUT2D eigenvalue weighted by Gasteiger charge is -2.38. The van der Waals surface area contributed by atoms with E-state index in [1.165, 1.54) is 48.4 Å². The molecule has 0 aliphatic heterocycles. The van der Waals surface area contributed by atoms with E-state index in [1.807, 2.05) is 0 Å². The quantitative estimate of drug-likeness (QED) is 0.609. The van der Waals surface area contributed by atoms with Crippen LogP contribution in [0, 0.1) is 5.92 Å². The van der Waals surface area contributed by atoms with Gasteiger partial charge >= 0.3 is 0 Å². The summed E-state index contributed by atoms with van der Waals surface area (Å²) in [6.45, 7) is 6.54. The zero-order chi connectivity index (χ0) is 14.0. The summed E-state index contributed by atoms with van der Waals surface area (Å²) in [5.74, 6) is 0.745. The van der Waals surface area contributed by atoms with Crippen LogP contribution in [-0.2, 0) is 5.41 Å². The van der Waals surface area contributed by atoms with Gasteiger partial charge in [0.1, 0.15) is 0 Å². The molecule has 1 atom stereocenters. The van der Waals surface area contributed by atoms with Crippen LogP contribution in [0.25, 0.3) is 10.8 Å². The number of hydrogen-bond donors (Lipinski definition) is 0. The van der Waals surface area contributed by atoms with Gasteiger partial charge in [-0.1, -0.05) is 74.7 Å². The lowest BCUT2D eigenvalue weighted by atomic mass is 9.66. The Morgan fingerprint density at radius 1 is 1.00 bits per heavy atom. The van der Waals surface area contributed by atoms with Crippen LogP contribution in [0.3, 0.4) is 0 Å². The van der Waals surface area contributed by atoms with Crippen LogP contribution in [0.4, 0.5) is 0 Å². The molecule has 0 unspecified atom stereocenters. The highest BCUT2D eigenvalue weighted by atomic mass is 14.4. The lowest BCUT2D eigenvalue weighted by Crippen LogP contribution is -2.31. The summed E-state index contributed by atoms with van der Waals surface area (Å²) in [4.78, 5) is 0.